The first-order valence-corrected chi connectivity index (χ1v) is 9.78. The number of nitrogens with one attached hydrogen (secondary N) is 2. The molecule has 2 aromatic rings. The van der Waals surface area contributed by atoms with Crippen LogP contribution in [0.4, 0.5) is 5.69 Å². The van der Waals surface area contributed by atoms with Crippen LogP contribution in [0.25, 0.3) is 0 Å². The van der Waals surface area contributed by atoms with Gasteiger partial charge in [0, 0.05) is 36.8 Å². The van der Waals surface area contributed by atoms with Gasteiger partial charge in [0.15, 0.2) is 0 Å². The molecule has 2 heterocycles. The van der Waals surface area contributed by atoms with Gasteiger partial charge in [0.1, 0.15) is 6.04 Å². The third-order valence-corrected chi connectivity index (χ3v) is 5.50. The maximum atomic E-state index is 12.7. The number of fused-ring (bicyclic) bond motifs is 1. The van der Waals surface area contributed by atoms with E-state index in [4.69, 9.17) is 5.73 Å². The zero-order valence-corrected chi connectivity index (χ0v) is 16.3. The van der Waals surface area contributed by atoms with E-state index in [0.717, 1.165) is 22.4 Å². The molecule has 2 atom stereocenters. The van der Waals surface area contributed by atoms with Crippen LogP contribution in [-0.4, -0.2) is 28.7 Å². The monoisotopic (exact) mass is 392 g/mol. The van der Waals surface area contributed by atoms with Crippen LogP contribution >= 0.6 is 0 Å². The number of anilines is 1. The number of rotatable bonds is 5. The summed E-state index contributed by atoms with van der Waals surface area (Å²) in [7, 11) is 0. The summed E-state index contributed by atoms with van der Waals surface area (Å²) in [4.78, 5) is 37.8. The smallest absolute Gasteiger partial charge is 0.255 e. The minimum atomic E-state index is -0.588. The van der Waals surface area contributed by atoms with Crippen molar-refractivity contribution in [1.29, 1.82) is 0 Å². The molecule has 1 unspecified atom stereocenters. The first kappa shape index (κ1) is 19.1. The predicted molar refractivity (Wildman–Crippen MR) is 109 cm³/mol. The molecule has 0 bridgehead atoms. The van der Waals surface area contributed by atoms with Gasteiger partial charge in [0.05, 0.1) is 0 Å². The fourth-order valence-corrected chi connectivity index (χ4v) is 3.87. The number of hydrogen-bond donors (Lipinski definition) is 3. The van der Waals surface area contributed by atoms with Gasteiger partial charge in [-0.2, -0.15) is 0 Å². The van der Waals surface area contributed by atoms with Gasteiger partial charge in [0.2, 0.25) is 11.8 Å². The Kier molecular flexibility index (Phi) is 5.07. The Morgan fingerprint density at radius 2 is 2.03 bits per heavy atom. The van der Waals surface area contributed by atoms with Crippen molar-refractivity contribution in [3.8, 4) is 0 Å². The number of benzene rings is 2. The first-order valence-electron chi connectivity index (χ1n) is 9.78. The van der Waals surface area contributed by atoms with E-state index in [1.54, 1.807) is 4.90 Å². The highest BCUT2D eigenvalue weighted by atomic mass is 16.2. The largest absolute Gasteiger partial charge is 0.381 e. The molecule has 7 heteroatoms. The van der Waals surface area contributed by atoms with Crippen LogP contribution in [0.5, 0.6) is 0 Å². The minimum Gasteiger partial charge on any atom is -0.381 e. The van der Waals surface area contributed by atoms with Crippen molar-refractivity contribution in [3.63, 3.8) is 0 Å². The van der Waals surface area contributed by atoms with Crippen molar-refractivity contribution in [2.45, 2.75) is 44.9 Å². The van der Waals surface area contributed by atoms with Crippen LogP contribution < -0.4 is 16.4 Å². The number of amides is 3. The number of imide groups is 1. The molecule has 4 rings (SSSR count). The molecule has 0 aromatic heterocycles. The third kappa shape index (κ3) is 3.86. The lowest BCUT2D eigenvalue weighted by atomic mass is 10.0. The summed E-state index contributed by atoms with van der Waals surface area (Å²) >= 11 is 0. The summed E-state index contributed by atoms with van der Waals surface area (Å²) in [5.74, 6) is -0.825. The molecule has 29 heavy (non-hydrogen) atoms. The third-order valence-electron chi connectivity index (χ3n) is 5.50. The van der Waals surface area contributed by atoms with Crippen molar-refractivity contribution in [1.82, 2.24) is 10.2 Å². The van der Waals surface area contributed by atoms with Gasteiger partial charge in [-0.3, -0.25) is 19.7 Å². The van der Waals surface area contributed by atoms with Crippen molar-refractivity contribution in [2.75, 3.05) is 5.32 Å². The average Bonchev–Trinajstić information content (AvgIpc) is 3.02. The van der Waals surface area contributed by atoms with Gasteiger partial charge < -0.3 is 16.0 Å². The summed E-state index contributed by atoms with van der Waals surface area (Å²) in [6.07, 6.45) is 0.626. The number of piperidine rings is 1. The Bertz CT molecular complexity index is 986. The summed E-state index contributed by atoms with van der Waals surface area (Å²) < 4.78 is 0. The van der Waals surface area contributed by atoms with Crippen LogP contribution in [0.1, 0.15) is 52.9 Å². The fourth-order valence-electron chi connectivity index (χ4n) is 3.87. The number of nitrogens with two attached hydrogens (primary N) is 1. The molecular weight excluding hydrogens is 368 g/mol. The van der Waals surface area contributed by atoms with Crippen LogP contribution in [0, 0.1) is 0 Å². The summed E-state index contributed by atoms with van der Waals surface area (Å²) in [6, 6.07) is 13.1. The highest BCUT2D eigenvalue weighted by Gasteiger charge is 2.38. The molecule has 1 fully saturated rings. The molecule has 0 aliphatic carbocycles. The highest BCUT2D eigenvalue weighted by Crippen LogP contribution is 2.28. The van der Waals surface area contributed by atoms with Crippen LogP contribution in [0.2, 0.25) is 0 Å². The van der Waals surface area contributed by atoms with E-state index < -0.39 is 11.9 Å². The highest BCUT2D eigenvalue weighted by molar-refractivity contribution is 6.05. The number of carbonyl (C=O) groups is 3. The van der Waals surface area contributed by atoms with Gasteiger partial charge in [-0.05, 0) is 48.2 Å². The second kappa shape index (κ2) is 7.67. The molecule has 7 nitrogen and oxygen atoms in total. The van der Waals surface area contributed by atoms with Crippen LogP contribution in [0.15, 0.2) is 42.5 Å². The molecule has 0 spiro atoms. The predicted octanol–water partition coefficient (Wildman–Crippen LogP) is 2.08. The van der Waals surface area contributed by atoms with Crippen molar-refractivity contribution in [2.24, 2.45) is 5.73 Å². The molecule has 150 valence electrons. The zero-order chi connectivity index (χ0) is 20.5. The summed E-state index contributed by atoms with van der Waals surface area (Å²) in [5, 5.41) is 5.71. The lowest BCUT2D eigenvalue weighted by Crippen LogP contribution is -2.52. The zero-order valence-electron chi connectivity index (χ0n) is 16.3. The van der Waals surface area contributed by atoms with Gasteiger partial charge in [0.25, 0.3) is 5.91 Å². The maximum Gasteiger partial charge on any atom is 0.255 e. The Morgan fingerprint density at radius 3 is 2.79 bits per heavy atom. The summed E-state index contributed by atoms with van der Waals surface area (Å²) in [6.45, 7) is 2.95. The minimum absolute atomic E-state index is 0.0268. The first-order chi connectivity index (χ1) is 13.9. The van der Waals surface area contributed by atoms with E-state index in [9.17, 15) is 14.4 Å². The van der Waals surface area contributed by atoms with E-state index in [-0.39, 0.29) is 24.3 Å². The second-order valence-corrected chi connectivity index (χ2v) is 7.66. The Balaban J connectivity index is 1.45. The molecule has 2 aliphatic heterocycles. The average molecular weight is 392 g/mol. The SMILES string of the molecule is C[C@@H](N)c1cccc(NCc2ccc3c(c2)CN(C2CCC(=O)NC2=O)C3=O)c1. The second-order valence-electron chi connectivity index (χ2n) is 7.66. The number of hydrogen-bond acceptors (Lipinski definition) is 5. The van der Waals surface area contributed by atoms with E-state index in [2.05, 4.69) is 10.6 Å². The van der Waals surface area contributed by atoms with Crippen LogP contribution in [0.3, 0.4) is 0 Å². The van der Waals surface area contributed by atoms with Gasteiger partial charge in [-0.25, -0.2) is 0 Å². The van der Waals surface area contributed by atoms with Gasteiger partial charge >= 0.3 is 0 Å². The standard InChI is InChI=1S/C22H24N4O3/c1-13(23)15-3-2-4-17(10-15)24-11-14-5-6-18-16(9-14)12-26(22(18)29)19-7-8-20(27)25-21(19)28/h2-6,9-10,13,19,24H,7-8,11-12,23H2,1H3,(H,25,27,28)/t13-,19?/m1/s1. The number of nitrogens with zero attached hydrogens (tertiary/aromatic N) is 1. The van der Waals surface area contributed by atoms with E-state index in [0.29, 0.717) is 25.1 Å². The molecule has 1 saturated heterocycles. The fraction of sp³-hybridized carbons (Fsp3) is 0.318. The normalized spacial score (nSPS) is 19.7. The lowest BCUT2D eigenvalue weighted by Gasteiger charge is -2.29. The van der Waals surface area contributed by atoms with Crippen molar-refractivity contribution in [3.05, 3.63) is 64.7 Å². The Labute approximate surface area is 169 Å². The van der Waals surface area contributed by atoms with Crippen LogP contribution in [-0.2, 0) is 22.7 Å². The quantitative estimate of drug-likeness (QED) is 0.676. The van der Waals surface area contributed by atoms with Crippen molar-refractivity contribution < 1.29 is 14.4 Å². The Morgan fingerprint density at radius 1 is 1.21 bits per heavy atom. The molecule has 4 N–H and O–H groups in total. The Hall–Kier alpha value is -3.19. The maximum absolute atomic E-state index is 12.7. The lowest BCUT2D eigenvalue weighted by molar-refractivity contribution is -0.136. The van der Waals surface area contributed by atoms with Gasteiger partial charge in [-0.15, -0.1) is 0 Å². The van der Waals surface area contributed by atoms with Gasteiger partial charge in [-0.1, -0.05) is 24.3 Å². The molecule has 0 saturated carbocycles. The van der Waals surface area contributed by atoms with Crippen molar-refractivity contribution >= 4 is 23.4 Å². The summed E-state index contributed by atoms with van der Waals surface area (Å²) in [5.41, 5.74) is 10.6. The van der Waals surface area contributed by atoms with E-state index in [1.807, 2.05) is 49.4 Å². The topological polar surface area (TPSA) is 105 Å². The van der Waals surface area contributed by atoms with E-state index >= 15 is 0 Å². The number of carbonyl (C=O) groups excluding carboxylic acids is 3. The molecule has 0 radical (unpaired) electrons. The molecular formula is C22H24N4O3. The molecule has 2 aromatic carbocycles. The van der Waals surface area contributed by atoms with E-state index in [1.165, 1.54) is 0 Å². The molecule has 2 aliphatic rings. The molecule has 3 amide bonds.